The third-order valence-corrected chi connectivity index (χ3v) is 4.02. The van der Waals surface area contributed by atoms with Crippen molar-refractivity contribution in [3.8, 4) is 0 Å². The van der Waals surface area contributed by atoms with Gasteiger partial charge in [-0.3, -0.25) is 4.79 Å². The number of hydrogen-bond acceptors (Lipinski definition) is 3. The van der Waals surface area contributed by atoms with E-state index in [9.17, 15) is 9.18 Å². The summed E-state index contributed by atoms with van der Waals surface area (Å²) in [5.41, 5.74) is -0.486. The molecule has 0 fully saturated rings. The maximum Gasteiger partial charge on any atom is 0.261 e. The lowest BCUT2D eigenvalue weighted by atomic mass is 10.0. The molecule has 0 spiro atoms. The largest absolute Gasteiger partial charge is 0.396 e. The van der Waals surface area contributed by atoms with Crippen molar-refractivity contribution in [2.45, 2.75) is 25.8 Å². The SMILES string of the molecule is CC(C)(CCO)NC(=O)c1cc2c(F)cccc2s1. The number of amides is 1. The van der Waals surface area contributed by atoms with Gasteiger partial charge in [-0.15, -0.1) is 11.3 Å². The van der Waals surface area contributed by atoms with Gasteiger partial charge in [0.25, 0.3) is 5.91 Å². The summed E-state index contributed by atoms with van der Waals surface area (Å²) in [6, 6.07) is 6.37. The smallest absolute Gasteiger partial charge is 0.261 e. The Labute approximate surface area is 115 Å². The van der Waals surface area contributed by atoms with E-state index in [-0.39, 0.29) is 18.3 Å². The first-order chi connectivity index (χ1) is 8.93. The normalized spacial score (nSPS) is 11.8. The zero-order valence-electron chi connectivity index (χ0n) is 10.9. The molecule has 3 nitrogen and oxygen atoms in total. The summed E-state index contributed by atoms with van der Waals surface area (Å²) in [5, 5.41) is 12.3. The number of hydrogen-bond donors (Lipinski definition) is 2. The molecule has 0 aliphatic carbocycles. The lowest BCUT2D eigenvalue weighted by Crippen LogP contribution is -2.43. The number of aliphatic hydroxyl groups is 1. The highest BCUT2D eigenvalue weighted by Gasteiger charge is 2.22. The van der Waals surface area contributed by atoms with Crippen LogP contribution >= 0.6 is 11.3 Å². The van der Waals surface area contributed by atoms with Gasteiger partial charge < -0.3 is 10.4 Å². The maximum absolute atomic E-state index is 13.6. The van der Waals surface area contributed by atoms with Crippen molar-refractivity contribution < 1.29 is 14.3 Å². The van der Waals surface area contributed by atoms with E-state index in [0.29, 0.717) is 16.7 Å². The molecule has 0 unspecified atom stereocenters. The van der Waals surface area contributed by atoms with Crippen LogP contribution in [-0.2, 0) is 0 Å². The Kier molecular flexibility index (Phi) is 3.87. The Hall–Kier alpha value is -1.46. The number of halogens is 1. The van der Waals surface area contributed by atoms with E-state index in [1.165, 1.54) is 17.4 Å². The van der Waals surface area contributed by atoms with Crippen molar-refractivity contribution in [1.82, 2.24) is 5.32 Å². The molecule has 1 aromatic heterocycles. The summed E-state index contributed by atoms with van der Waals surface area (Å²) in [6.07, 6.45) is 0.470. The molecule has 2 N–H and O–H groups in total. The van der Waals surface area contributed by atoms with Gasteiger partial charge in [-0.1, -0.05) is 6.07 Å². The third-order valence-electron chi connectivity index (χ3n) is 2.92. The minimum atomic E-state index is -0.486. The summed E-state index contributed by atoms with van der Waals surface area (Å²) in [6.45, 7) is 3.69. The summed E-state index contributed by atoms with van der Waals surface area (Å²) in [4.78, 5) is 12.6. The predicted molar refractivity (Wildman–Crippen MR) is 75.0 cm³/mol. The summed E-state index contributed by atoms with van der Waals surface area (Å²) >= 11 is 1.26. The van der Waals surface area contributed by atoms with Crippen molar-refractivity contribution >= 4 is 27.3 Å². The van der Waals surface area contributed by atoms with E-state index in [1.54, 1.807) is 18.2 Å². The van der Waals surface area contributed by atoms with E-state index < -0.39 is 5.54 Å². The summed E-state index contributed by atoms with van der Waals surface area (Å²) in [7, 11) is 0. The minimum Gasteiger partial charge on any atom is -0.396 e. The molecular weight excluding hydrogens is 265 g/mol. The van der Waals surface area contributed by atoms with E-state index in [4.69, 9.17) is 5.11 Å². The molecule has 2 rings (SSSR count). The number of aliphatic hydroxyl groups excluding tert-OH is 1. The van der Waals surface area contributed by atoms with Gasteiger partial charge in [-0.25, -0.2) is 4.39 Å². The second kappa shape index (κ2) is 5.27. The number of carbonyl (C=O) groups excluding carboxylic acids is 1. The molecule has 1 heterocycles. The predicted octanol–water partition coefficient (Wildman–Crippen LogP) is 2.93. The molecule has 0 atom stereocenters. The van der Waals surface area contributed by atoms with Gasteiger partial charge in [0, 0.05) is 22.2 Å². The highest BCUT2D eigenvalue weighted by molar-refractivity contribution is 7.20. The number of nitrogens with one attached hydrogen (secondary N) is 1. The molecule has 19 heavy (non-hydrogen) atoms. The zero-order chi connectivity index (χ0) is 14.0. The van der Waals surface area contributed by atoms with Gasteiger partial charge in [-0.2, -0.15) is 0 Å². The minimum absolute atomic E-state index is 0.00826. The lowest BCUT2D eigenvalue weighted by molar-refractivity contribution is 0.0904. The third kappa shape index (κ3) is 3.11. The standard InChI is InChI=1S/C14H16FNO2S/c1-14(2,6-7-17)16-13(18)12-8-9-10(15)4-3-5-11(9)19-12/h3-5,8,17H,6-7H2,1-2H3,(H,16,18). The van der Waals surface area contributed by atoms with Gasteiger partial charge in [0.15, 0.2) is 0 Å². The Balaban J connectivity index is 2.25. The summed E-state index contributed by atoms with van der Waals surface area (Å²) < 4.78 is 14.3. The first-order valence-electron chi connectivity index (χ1n) is 6.04. The quantitative estimate of drug-likeness (QED) is 0.905. The first kappa shape index (κ1) is 14.0. The maximum atomic E-state index is 13.6. The van der Waals surface area contributed by atoms with E-state index in [1.807, 2.05) is 13.8 Å². The molecule has 1 aromatic carbocycles. The van der Waals surface area contributed by atoms with Gasteiger partial charge in [-0.05, 0) is 38.5 Å². The zero-order valence-corrected chi connectivity index (χ0v) is 11.7. The van der Waals surface area contributed by atoms with E-state index >= 15 is 0 Å². The Morgan fingerprint density at radius 1 is 1.47 bits per heavy atom. The molecule has 0 aliphatic heterocycles. The van der Waals surface area contributed by atoms with Gasteiger partial charge >= 0.3 is 0 Å². The number of thiophene rings is 1. The van der Waals surface area contributed by atoms with Crippen LogP contribution in [0.25, 0.3) is 10.1 Å². The van der Waals surface area contributed by atoms with Crippen LogP contribution < -0.4 is 5.32 Å². The summed E-state index contributed by atoms with van der Waals surface area (Å²) in [5.74, 6) is -0.554. The highest BCUT2D eigenvalue weighted by atomic mass is 32.1. The number of carbonyl (C=O) groups is 1. The van der Waals surface area contributed by atoms with Crippen LogP contribution in [0.1, 0.15) is 29.9 Å². The van der Waals surface area contributed by atoms with Crippen molar-refractivity contribution in [2.24, 2.45) is 0 Å². The molecule has 0 saturated carbocycles. The lowest BCUT2D eigenvalue weighted by Gasteiger charge is -2.24. The van der Waals surface area contributed by atoms with Crippen LogP contribution in [0.4, 0.5) is 4.39 Å². The Morgan fingerprint density at radius 2 is 2.21 bits per heavy atom. The Bertz CT molecular complexity index is 607. The van der Waals surface area contributed by atoms with Gasteiger partial charge in [0.1, 0.15) is 5.82 Å². The molecule has 0 aliphatic rings. The van der Waals surface area contributed by atoms with Gasteiger partial charge in [0.2, 0.25) is 0 Å². The van der Waals surface area contributed by atoms with Crippen molar-refractivity contribution in [3.05, 3.63) is 35.0 Å². The van der Waals surface area contributed by atoms with Gasteiger partial charge in [0.05, 0.1) is 4.88 Å². The van der Waals surface area contributed by atoms with Crippen LogP contribution in [0.15, 0.2) is 24.3 Å². The fourth-order valence-corrected chi connectivity index (χ4v) is 2.82. The Morgan fingerprint density at radius 3 is 2.84 bits per heavy atom. The molecule has 0 saturated heterocycles. The van der Waals surface area contributed by atoms with Crippen LogP contribution in [0.2, 0.25) is 0 Å². The van der Waals surface area contributed by atoms with Crippen LogP contribution in [0.3, 0.4) is 0 Å². The van der Waals surface area contributed by atoms with E-state index in [2.05, 4.69) is 5.32 Å². The highest BCUT2D eigenvalue weighted by Crippen LogP contribution is 2.28. The van der Waals surface area contributed by atoms with Crippen LogP contribution in [-0.4, -0.2) is 23.2 Å². The van der Waals surface area contributed by atoms with Crippen molar-refractivity contribution in [2.75, 3.05) is 6.61 Å². The molecule has 102 valence electrons. The fourth-order valence-electron chi connectivity index (χ4n) is 1.85. The first-order valence-corrected chi connectivity index (χ1v) is 6.86. The average molecular weight is 281 g/mol. The van der Waals surface area contributed by atoms with Crippen LogP contribution in [0.5, 0.6) is 0 Å². The molecule has 0 radical (unpaired) electrons. The topological polar surface area (TPSA) is 49.3 Å². The number of fused-ring (bicyclic) bond motifs is 1. The fraction of sp³-hybridized carbons (Fsp3) is 0.357. The average Bonchev–Trinajstić information content (AvgIpc) is 2.73. The molecule has 5 heteroatoms. The number of benzene rings is 1. The monoisotopic (exact) mass is 281 g/mol. The number of rotatable bonds is 4. The van der Waals surface area contributed by atoms with Crippen molar-refractivity contribution in [1.29, 1.82) is 0 Å². The second-order valence-electron chi connectivity index (χ2n) is 5.07. The second-order valence-corrected chi connectivity index (χ2v) is 6.16. The van der Waals surface area contributed by atoms with Crippen molar-refractivity contribution in [3.63, 3.8) is 0 Å². The molecule has 2 aromatic rings. The molecular formula is C14H16FNO2S. The van der Waals surface area contributed by atoms with Crippen LogP contribution in [0, 0.1) is 5.82 Å². The van der Waals surface area contributed by atoms with E-state index in [0.717, 1.165) is 4.70 Å². The molecule has 0 bridgehead atoms. The molecule has 1 amide bonds.